The quantitative estimate of drug-likeness (QED) is 0.878. The van der Waals surface area contributed by atoms with Crippen molar-refractivity contribution < 1.29 is 14.6 Å². The molecule has 0 bridgehead atoms. The van der Waals surface area contributed by atoms with Crippen molar-refractivity contribution in [2.45, 2.75) is 33.3 Å². The number of aliphatic hydroxyl groups excluding tert-OH is 1. The lowest BCUT2D eigenvalue weighted by Gasteiger charge is -2.18. The molecule has 0 aromatic heterocycles. The number of aryl methyl sites for hydroxylation is 2. The van der Waals surface area contributed by atoms with Gasteiger partial charge in [0.15, 0.2) is 6.61 Å². The van der Waals surface area contributed by atoms with E-state index in [0.717, 1.165) is 16.1 Å². The van der Waals surface area contributed by atoms with E-state index in [9.17, 15) is 9.90 Å². The first-order valence-electron chi connectivity index (χ1n) is 6.63. The summed E-state index contributed by atoms with van der Waals surface area (Å²) < 4.78 is 5.50. The van der Waals surface area contributed by atoms with Crippen LogP contribution in [0.1, 0.15) is 24.5 Å². The molecule has 1 unspecified atom stereocenters. The minimum atomic E-state index is -0.410. The Morgan fingerprint density at radius 2 is 1.95 bits per heavy atom. The summed E-state index contributed by atoms with van der Waals surface area (Å²) in [6, 6.07) is 3.64. The molecule has 0 saturated heterocycles. The van der Waals surface area contributed by atoms with E-state index in [0.29, 0.717) is 18.7 Å². The molecule has 0 spiro atoms. The van der Waals surface area contributed by atoms with E-state index >= 15 is 0 Å². The van der Waals surface area contributed by atoms with Crippen LogP contribution >= 0.6 is 11.6 Å². The van der Waals surface area contributed by atoms with Crippen molar-refractivity contribution in [3.05, 3.63) is 28.3 Å². The Kier molecular flexibility index (Phi) is 6.30. The van der Waals surface area contributed by atoms with Crippen LogP contribution in [0, 0.1) is 13.8 Å². The number of amides is 1. The van der Waals surface area contributed by atoms with Gasteiger partial charge >= 0.3 is 0 Å². The molecule has 1 atom stereocenters. The lowest BCUT2D eigenvalue weighted by molar-refractivity contribution is -0.132. The fourth-order valence-electron chi connectivity index (χ4n) is 1.75. The number of halogens is 1. The van der Waals surface area contributed by atoms with Gasteiger partial charge in [0.2, 0.25) is 0 Å². The molecule has 0 aliphatic carbocycles. The minimum Gasteiger partial charge on any atom is -0.484 e. The molecule has 0 aliphatic heterocycles. The Morgan fingerprint density at radius 3 is 2.45 bits per heavy atom. The van der Waals surface area contributed by atoms with Gasteiger partial charge < -0.3 is 14.7 Å². The van der Waals surface area contributed by atoms with Crippen molar-refractivity contribution in [1.29, 1.82) is 0 Å². The van der Waals surface area contributed by atoms with Gasteiger partial charge in [0.1, 0.15) is 5.75 Å². The molecule has 1 rings (SSSR count). The summed E-state index contributed by atoms with van der Waals surface area (Å²) in [5.74, 6) is 0.526. The molecule has 0 radical (unpaired) electrons. The highest BCUT2D eigenvalue weighted by atomic mass is 35.5. The molecule has 0 aliphatic rings. The Hall–Kier alpha value is -1.26. The number of likely N-dealkylation sites (N-methyl/N-ethyl adjacent to an activating group) is 1. The predicted molar refractivity (Wildman–Crippen MR) is 80.4 cm³/mol. The largest absolute Gasteiger partial charge is 0.484 e. The third-order valence-corrected chi connectivity index (χ3v) is 3.68. The first-order valence-corrected chi connectivity index (χ1v) is 7.00. The van der Waals surface area contributed by atoms with Gasteiger partial charge in [-0.3, -0.25) is 4.79 Å². The van der Waals surface area contributed by atoms with Crippen LogP contribution in [0.15, 0.2) is 12.1 Å². The van der Waals surface area contributed by atoms with Crippen LogP contribution in [-0.2, 0) is 4.79 Å². The van der Waals surface area contributed by atoms with Crippen LogP contribution in [0.25, 0.3) is 0 Å². The Balaban J connectivity index is 2.52. The van der Waals surface area contributed by atoms with Crippen LogP contribution in [0.5, 0.6) is 5.75 Å². The van der Waals surface area contributed by atoms with Crippen molar-refractivity contribution in [2.75, 3.05) is 20.2 Å². The van der Waals surface area contributed by atoms with Crippen molar-refractivity contribution >= 4 is 17.5 Å². The number of nitrogens with zero attached hydrogens (tertiary/aromatic N) is 1. The van der Waals surface area contributed by atoms with Crippen molar-refractivity contribution in [3.8, 4) is 5.75 Å². The second kappa shape index (κ2) is 7.50. The maximum absolute atomic E-state index is 11.9. The molecule has 1 N–H and O–H groups in total. The Bertz CT molecular complexity index is 451. The third-order valence-electron chi connectivity index (χ3n) is 3.08. The zero-order valence-electron chi connectivity index (χ0n) is 12.4. The van der Waals surface area contributed by atoms with Crippen LogP contribution in [0.4, 0.5) is 0 Å². The van der Waals surface area contributed by atoms with E-state index in [-0.39, 0.29) is 12.5 Å². The molecular weight excluding hydrogens is 278 g/mol. The minimum absolute atomic E-state index is 0.0170. The summed E-state index contributed by atoms with van der Waals surface area (Å²) in [5, 5.41) is 9.92. The van der Waals surface area contributed by atoms with Gasteiger partial charge in [-0.1, -0.05) is 11.6 Å². The maximum Gasteiger partial charge on any atom is 0.260 e. The molecule has 0 saturated carbocycles. The van der Waals surface area contributed by atoms with Gasteiger partial charge in [-0.15, -0.1) is 0 Å². The third kappa shape index (κ3) is 5.02. The van der Waals surface area contributed by atoms with Gasteiger partial charge in [-0.25, -0.2) is 0 Å². The van der Waals surface area contributed by atoms with Gasteiger partial charge in [0, 0.05) is 18.6 Å². The molecular formula is C15H22ClNO3. The van der Waals surface area contributed by atoms with Crippen LogP contribution in [0.3, 0.4) is 0 Å². The number of carbonyl (C=O) groups excluding carboxylic acids is 1. The summed E-state index contributed by atoms with van der Waals surface area (Å²) in [4.78, 5) is 13.4. The van der Waals surface area contributed by atoms with Gasteiger partial charge in [-0.2, -0.15) is 0 Å². The molecule has 1 aromatic carbocycles. The summed E-state index contributed by atoms with van der Waals surface area (Å²) in [7, 11) is 1.70. The summed E-state index contributed by atoms with van der Waals surface area (Å²) >= 11 is 6.08. The molecule has 20 heavy (non-hydrogen) atoms. The average Bonchev–Trinajstić information content (AvgIpc) is 2.39. The highest BCUT2D eigenvalue weighted by Gasteiger charge is 2.11. The number of benzene rings is 1. The standard InChI is InChI=1S/C15H22ClNO3/c1-10-7-13(8-11(2)15(10)16)20-9-14(19)17(4)6-5-12(3)18/h7-8,12,18H,5-6,9H2,1-4H3. The van der Waals surface area contributed by atoms with Gasteiger partial charge in [0.25, 0.3) is 5.91 Å². The normalized spacial score (nSPS) is 12.1. The summed E-state index contributed by atoms with van der Waals surface area (Å²) in [5.41, 5.74) is 1.85. The Morgan fingerprint density at radius 1 is 1.40 bits per heavy atom. The second-order valence-corrected chi connectivity index (χ2v) is 5.49. The molecule has 0 heterocycles. The second-order valence-electron chi connectivity index (χ2n) is 5.11. The van der Waals surface area contributed by atoms with E-state index in [1.807, 2.05) is 26.0 Å². The highest BCUT2D eigenvalue weighted by Crippen LogP contribution is 2.25. The monoisotopic (exact) mass is 299 g/mol. The van der Waals surface area contributed by atoms with Gasteiger partial charge in [-0.05, 0) is 50.5 Å². The first kappa shape index (κ1) is 16.8. The smallest absolute Gasteiger partial charge is 0.260 e. The zero-order valence-corrected chi connectivity index (χ0v) is 13.2. The van der Waals surface area contributed by atoms with Crippen LogP contribution in [-0.4, -0.2) is 42.2 Å². The number of aliphatic hydroxyl groups is 1. The average molecular weight is 300 g/mol. The summed E-state index contributed by atoms with van der Waals surface area (Å²) in [6.45, 7) is 6.00. The number of carbonyl (C=O) groups is 1. The predicted octanol–water partition coefficient (Wildman–Crippen LogP) is 2.56. The molecule has 4 nitrogen and oxygen atoms in total. The fourth-order valence-corrected chi connectivity index (χ4v) is 1.86. The van der Waals surface area contributed by atoms with Gasteiger partial charge in [0.05, 0.1) is 6.10 Å². The SMILES string of the molecule is Cc1cc(OCC(=O)N(C)CCC(C)O)cc(C)c1Cl. The number of ether oxygens (including phenoxy) is 1. The van der Waals surface area contributed by atoms with E-state index < -0.39 is 6.10 Å². The molecule has 112 valence electrons. The summed E-state index contributed by atoms with van der Waals surface area (Å²) in [6.07, 6.45) is 0.147. The van der Waals surface area contributed by atoms with E-state index in [1.54, 1.807) is 18.9 Å². The van der Waals surface area contributed by atoms with Crippen molar-refractivity contribution in [3.63, 3.8) is 0 Å². The number of rotatable bonds is 6. The van der Waals surface area contributed by atoms with E-state index in [1.165, 1.54) is 0 Å². The number of hydrogen-bond acceptors (Lipinski definition) is 3. The lowest BCUT2D eigenvalue weighted by Crippen LogP contribution is -2.33. The molecule has 1 aromatic rings. The molecule has 5 heteroatoms. The molecule has 1 amide bonds. The fraction of sp³-hybridized carbons (Fsp3) is 0.533. The first-order chi connectivity index (χ1) is 9.31. The van der Waals surface area contributed by atoms with E-state index in [2.05, 4.69) is 0 Å². The topological polar surface area (TPSA) is 49.8 Å². The van der Waals surface area contributed by atoms with Crippen molar-refractivity contribution in [2.24, 2.45) is 0 Å². The lowest BCUT2D eigenvalue weighted by atomic mass is 10.1. The van der Waals surface area contributed by atoms with Crippen molar-refractivity contribution in [1.82, 2.24) is 4.90 Å². The molecule has 0 fully saturated rings. The van der Waals surface area contributed by atoms with Crippen LogP contribution < -0.4 is 4.74 Å². The number of hydrogen-bond donors (Lipinski definition) is 1. The van der Waals surface area contributed by atoms with Crippen LogP contribution in [0.2, 0.25) is 5.02 Å². The zero-order chi connectivity index (χ0) is 15.3. The Labute approximate surface area is 125 Å². The highest BCUT2D eigenvalue weighted by molar-refractivity contribution is 6.32. The maximum atomic E-state index is 11.9. The van der Waals surface area contributed by atoms with E-state index in [4.69, 9.17) is 16.3 Å².